The van der Waals surface area contributed by atoms with Gasteiger partial charge in [-0.25, -0.2) is 4.39 Å². The number of carbonyl (C=O) groups excluding carboxylic acids is 1. The summed E-state index contributed by atoms with van der Waals surface area (Å²) in [6.07, 6.45) is 2.51. The van der Waals surface area contributed by atoms with E-state index in [1.807, 2.05) is 31.2 Å². The standard InChI is InChI=1S/C25H33FN2O3/c1-19(21-6-8-22(26)9-7-21)16-25(29)27-18-20-4-3-5-24(17-20)31-15-12-28(2)23-10-13-30-14-11-23/h3-9,17,19,23H,10-16,18H2,1-2H3,(H,27,29). The predicted octanol–water partition coefficient (Wildman–Crippen LogP) is 4.13. The van der Waals surface area contributed by atoms with E-state index in [1.165, 1.54) is 12.1 Å². The average Bonchev–Trinajstić information content (AvgIpc) is 2.79. The minimum absolute atomic E-state index is 0.0266. The van der Waals surface area contributed by atoms with Crippen LogP contribution in [0.25, 0.3) is 0 Å². The third-order valence-corrected chi connectivity index (χ3v) is 5.85. The molecule has 1 atom stereocenters. The molecule has 1 heterocycles. The molecule has 1 saturated heterocycles. The van der Waals surface area contributed by atoms with Crippen LogP contribution in [0.1, 0.15) is 43.2 Å². The van der Waals surface area contributed by atoms with Crippen molar-refractivity contribution in [3.8, 4) is 5.75 Å². The number of nitrogens with one attached hydrogen (secondary N) is 1. The lowest BCUT2D eigenvalue weighted by Crippen LogP contribution is -2.38. The fraction of sp³-hybridized carbons (Fsp3) is 0.480. The van der Waals surface area contributed by atoms with Gasteiger partial charge in [0, 0.05) is 38.8 Å². The van der Waals surface area contributed by atoms with Gasteiger partial charge in [0.25, 0.3) is 0 Å². The minimum atomic E-state index is -0.266. The molecule has 0 bridgehead atoms. The molecule has 168 valence electrons. The molecule has 2 aromatic rings. The molecule has 0 spiro atoms. The molecule has 0 aromatic heterocycles. The largest absolute Gasteiger partial charge is 0.492 e. The number of halogens is 1. The number of nitrogens with zero attached hydrogens (tertiary/aromatic N) is 1. The van der Waals surface area contributed by atoms with Crippen molar-refractivity contribution in [3.05, 3.63) is 65.5 Å². The second-order valence-electron chi connectivity index (χ2n) is 8.25. The Morgan fingerprint density at radius 1 is 1.23 bits per heavy atom. The number of benzene rings is 2. The zero-order chi connectivity index (χ0) is 22.1. The van der Waals surface area contributed by atoms with Crippen molar-refractivity contribution in [1.29, 1.82) is 0 Å². The van der Waals surface area contributed by atoms with Gasteiger partial charge in [0.15, 0.2) is 0 Å². The molecular formula is C25H33FN2O3. The number of carbonyl (C=O) groups is 1. The van der Waals surface area contributed by atoms with Gasteiger partial charge in [-0.2, -0.15) is 0 Å². The average molecular weight is 429 g/mol. The fourth-order valence-electron chi connectivity index (χ4n) is 3.82. The summed E-state index contributed by atoms with van der Waals surface area (Å²) in [5, 5.41) is 2.97. The van der Waals surface area contributed by atoms with Gasteiger partial charge in [-0.3, -0.25) is 9.69 Å². The molecule has 31 heavy (non-hydrogen) atoms. The second kappa shape index (κ2) is 11.8. The van der Waals surface area contributed by atoms with Gasteiger partial charge >= 0.3 is 0 Å². The van der Waals surface area contributed by atoms with Crippen molar-refractivity contribution >= 4 is 5.91 Å². The van der Waals surface area contributed by atoms with Gasteiger partial charge in [-0.1, -0.05) is 31.2 Å². The highest BCUT2D eigenvalue weighted by molar-refractivity contribution is 5.76. The summed E-state index contributed by atoms with van der Waals surface area (Å²) in [6.45, 7) is 5.59. The molecule has 1 aliphatic heterocycles. The topological polar surface area (TPSA) is 50.8 Å². The molecule has 1 N–H and O–H groups in total. The molecule has 0 aliphatic carbocycles. The number of hydrogen-bond acceptors (Lipinski definition) is 4. The van der Waals surface area contributed by atoms with Crippen molar-refractivity contribution < 1.29 is 18.7 Å². The lowest BCUT2D eigenvalue weighted by atomic mass is 9.97. The van der Waals surface area contributed by atoms with E-state index in [0.29, 0.717) is 25.6 Å². The van der Waals surface area contributed by atoms with E-state index in [0.717, 1.165) is 49.5 Å². The van der Waals surface area contributed by atoms with Crippen molar-refractivity contribution in [2.75, 3.05) is 33.4 Å². The Labute approximate surface area is 184 Å². The summed E-state index contributed by atoms with van der Waals surface area (Å²) in [4.78, 5) is 14.7. The van der Waals surface area contributed by atoms with Gasteiger partial charge in [-0.15, -0.1) is 0 Å². The Bertz CT molecular complexity index is 822. The van der Waals surface area contributed by atoms with Gasteiger partial charge in [0.1, 0.15) is 18.2 Å². The molecular weight excluding hydrogens is 395 g/mol. The zero-order valence-electron chi connectivity index (χ0n) is 18.5. The van der Waals surface area contributed by atoms with Gasteiger partial charge in [-0.05, 0) is 61.2 Å². The molecule has 0 saturated carbocycles. The van der Waals surface area contributed by atoms with Crippen LogP contribution in [0.4, 0.5) is 4.39 Å². The summed E-state index contributed by atoms with van der Waals surface area (Å²) in [5.74, 6) is 0.550. The van der Waals surface area contributed by atoms with Crippen LogP contribution in [0.3, 0.4) is 0 Å². The third-order valence-electron chi connectivity index (χ3n) is 5.85. The van der Waals surface area contributed by atoms with E-state index in [-0.39, 0.29) is 17.6 Å². The van der Waals surface area contributed by atoms with E-state index in [2.05, 4.69) is 17.3 Å². The van der Waals surface area contributed by atoms with Crippen LogP contribution >= 0.6 is 0 Å². The number of amides is 1. The van der Waals surface area contributed by atoms with Crippen LogP contribution in [0, 0.1) is 5.82 Å². The van der Waals surface area contributed by atoms with Gasteiger partial charge < -0.3 is 14.8 Å². The van der Waals surface area contributed by atoms with E-state index in [9.17, 15) is 9.18 Å². The third kappa shape index (κ3) is 7.64. The highest BCUT2D eigenvalue weighted by Gasteiger charge is 2.18. The molecule has 0 radical (unpaired) electrons. The van der Waals surface area contributed by atoms with Crippen LogP contribution in [-0.2, 0) is 16.1 Å². The maximum atomic E-state index is 13.1. The first-order valence-corrected chi connectivity index (χ1v) is 11.0. The van der Waals surface area contributed by atoms with E-state index in [1.54, 1.807) is 12.1 Å². The molecule has 1 amide bonds. The van der Waals surface area contributed by atoms with Crippen molar-refractivity contribution in [2.24, 2.45) is 0 Å². The molecule has 5 nitrogen and oxygen atoms in total. The van der Waals surface area contributed by atoms with E-state index in [4.69, 9.17) is 9.47 Å². The quantitative estimate of drug-likeness (QED) is 0.618. The lowest BCUT2D eigenvalue weighted by molar-refractivity contribution is -0.121. The summed E-state index contributed by atoms with van der Waals surface area (Å²) in [6, 6.07) is 14.7. The van der Waals surface area contributed by atoms with Crippen LogP contribution in [0.15, 0.2) is 48.5 Å². The maximum Gasteiger partial charge on any atom is 0.220 e. The Kier molecular flexibility index (Phi) is 8.85. The van der Waals surface area contributed by atoms with Crippen LogP contribution < -0.4 is 10.1 Å². The number of likely N-dealkylation sites (N-methyl/N-ethyl adjacent to an activating group) is 1. The molecule has 6 heteroatoms. The number of ether oxygens (including phenoxy) is 2. The number of rotatable bonds is 10. The summed E-state index contributed by atoms with van der Waals surface area (Å²) in [7, 11) is 2.14. The maximum absolute atomic E-state index is 13.1. The summed E-state index contributed by atoms with van der Waals surface area (Å²) >= 11 is 0. The first kappa shape index (κ1) is 23.2. The molecule has 1 unspecified atom stereocenters. The monoisotopic (exact) mass is 428 g/mol. The van der Waals surface area contributed by atoms with E-state index < -0.39 is 0 Å². The predicted molar refractivity (Wildman–Crippen MR) is 120 cm³/mol. The lowest BCUT2D eigenvalue weighted by Gasteiger charge is -2.31. The Hall–Kier alpha value is -2.44. The van der Waals surface area contributed by atoms with Gasteiger partial charge in [0.05, 0.1) is 0 Å². The first-order chi connectivity index (χ1) is 15.0. The van der Waals surface area contributed by atoms with Crippen molar-refractivity contribution in [1.82, 2.24) is 10.2 Å². The Balaban J connectivity index is 1.40. The molecule has 2 aromatic carbocycles. The molecule has 1 fully saturated rings. The second-order valence-corrected chi connectivity index (χ2v) is 8.25. The number of hydrogen-bond donors (Lipinski definition) is 1. The summed E-state index contributed by atoms with van der Waals surface area (Å²) < 4.78 is 24.4. The zero-order valence-corrected chi connectivity index (χ0v) is 18.5. The van der Waals surface area contributed by atoms with Crippen LogP contribution in [0.2, 0.25) is 0 Å². The molecule has 1 aliphatic rings. The highest BCUT2D eigenvalue weighted by atomic mass is 19.1. The van der Waals surface area contributed by atoms with Crippen LogP contribution in [-0.4, -0.2) is 50.3 Å². The van der Waals surface area contributed by atoms with E-state index >= 15 is 0 Å². The smallest absolute Gasteiger partial charge is 0.220 e. The Morgan fingerprint density at radius 3 is 2.71 bits per heavy atom. The molecule has 3 rings (SSSR count). The highest BCUT2D eigenvalue weighted by Crippen LogP contribution is 2.19. The Morgan fingerprint density at radius 2 is 1.97 bits per heavy atom. The van der Waals surface area contributed by atoms with Crippen molar-refractivity contribution in [2.45, 2.75) is 44.7 Å². The summed E-state index contributed by atoms with van der Waals surface area (Å²) in [5.41, 5.74) is 1.95. The van der Waals surface area contributed by atoms with Gasteiger partial charge in [0.2, 0.25) is 5.91 Å². The minimum Gasteiger partial charge on any atom is -0.492 e. The van der Waals surface area contributed by atoms with Crippen molar-refractivity contribution in [3.63, 3.8) is 0 Å². The SMILES string of the molecule is CC(CC(=O)NCc1cccc(OCCN(C)C2CCOCC2)c1)c1ccc(F)cc1. The normalized spacial score (nSPS) is 15.6. The fourth-order valence-corrected chi connectivity index (χ4v) is 3.82. The first-order valence-electron chi connectivity index (χ1n) is 11.0. The van der Waals surface area contributed by atoms with Crippen LogP contribution in [0.5, 0.6) is 5.75 Å².